The Hall–Kier alpha value is -1.56. The van der Waals surface area contributed by atoms with E-state index < -0.39 is 5.97 Å². The van der Waals surface area contributed by atoms with Gasteiger partial charge in [0.05, 0.1) is 12.7 Å². The van der Waals surface area contributed by atoms with Gasteiger partial charge in [-0.1, -0.05) is 13.8 Å². The molecule has 1 aliphatic heterocycles. The van der Waals surface area contributed by atoms with Crippen molar-refractivity contribution in [1.82, 2.24) is 4.90 Å². The minimum Gasteiger partial charge on any atom is -0.497 e. The van der Waals surface area contributed by atoms with Gasteiger partial charge in [0.1, 0.15) is 5.75 Å². The fourth-order valence-corrected chi connectivity index (χ4v) is 3.36. The molecule has 1 saturated heterocycles. The number of benzene rings is 1. The van der Waals surface area contributed by atoms with Crippen LogP contribution >= 0.6 is 15.9 Å². The van der Waals surface area contributed by atoms with E-state index in [0.717, 1.165) is 19.5 Å². The Balaban J connectivity index is 1.95. The Bertz CT molecular complexity index is 580. The highest BCUT2D eigenvalue weighted by Gasteiger charge is 2.26. The molecule has 0 radical (unpaired) electrons. The molecular weight excluding hydrogens is 362 g/mol. The fraction of sp³-hybridized carbons (Fsp3) is 0.529. The van der Waals surface area contributed by atoms with Crippen LogP contribution in [0.25, 0.3) is 0 Å². The van der Waals surface area contributed by atoms with Crippen molar-refractivity contribution in [2.75, 3.05) is 26.8 Å². The van der Waals surface area contributed by atoms with Crippen LogP contribution < -0.4 is 4.74 Å². The molecule has 1 aromatic rings. The number of methoxy groups -OCH3 is 1. The summed E-state index contributed by atoms with van der Waals surface area (Å²) in [5.41, 5.74) is 0.345. The van der Waals surface area contributed by atoms with Crippen molar-refractivity contribution in [2.24, 2.45) is 11.8 Å². The molecule has 1 fully saturated rings. The topological polar surface area (TPSA) is 55.8 Å². The monoisotopic (exact) mass is 383 g/mol. The predicted octanol–water partition coefficient (Wildman–Crippen LogP) is 3.12. The number of esters is 1. The van der Waals surface area contributed by atoms with Crippen LogP contribution in [-0.4, -0.2) is 43.6 Å². The van der Waals surface area contributed by atoms with E-state index in [-0.39, 0.29) is 12.5 Å². The van der Waals surface area contributed by atoms with Crippen LogP contribution in [0.4, 0.5) is 0 Å². The molecule has 126 valence electrons. The number of carbonyl (C=O) groups excluding carboxylic acids is 2. The predicted molar refractivity (Wildman–Crippen MR) is 90.5 cm³/mol. The second kappa shape index (κ2) is 7.81. The van der Waals surface area contributed by atoms with Crippen molar-refractivity contribution < 1.29 is 19.1 Å². The summed E-state index contributed by atoms with van der Waals surface area (Å²) in [7, 11) is 1.53. The minimum atomic E-state index is -0.540. The zero-order valence-corrected chi connectivity index (χ0v) is 15.3. The first-order chi connectivity index (χ1) is 10.9. The summed E-state index contributed by atoms with van der Waals surface area (Å²) < 4.78 is 10.9. The van der Waals surface area contributed by atoms with Crippen molar-refractivity contribution in [2.45, 2.75) is 20.3 Å². The van der Waals surface area contributed by atoms with Gasteiger partial charge in [0.15, 0.2) is 6.61 Å². The summed E-state index contributed by atoms with van der Waals surface area (Å²) in [4.78, 5) is 26.2. The van der Waals surface area contributed by atoms with Gasteiger partial charge in [-0.3, -0.25) is 4.79 Å². The number of hydrogen-bond donors (Lipinski definition) is 0. The molecule has 23 heavy (non-hydrogen) atoms. The van der Waals surface area contributed by atoms with Crippen LogP contribution in [0.15, 0.2) is 22.7 Å². The molecule has 0 aliphatic carbocycles. The Morgan fingerprint density at radius 2 is 1.91 bits per heavy atom. The molecule has 1 amide bonds. The normalized spacial score (nSPS) is 21.0. The van der Waals surface area contributed by atoms with E-state index in [0.29, 0.717) is 27.6 Å². The lowest BCUT2D eigenvalue weighted by molar-refractivity contribution is -0.137. The van der Waals surface area contributed by atoms with E-state index in [2.05, 4.69) is 29.8 Å². The molecule has 0 aromatic heterocycles. The van der Waals surface area contributed by atoms with Crippen molar-refractivity contribution >= 4 is 27.8 Å². The molecule has 0 unspecified atom stereocenters. The van der Waals surface area contributed by atoms with Gasteiger partial charge in [0.25, 0.3) is 5.91 Å². The molecule has 2 atom stereocenters. The number of likely N-dealkylation sites (tertiary alicyclic amines) is 1. The fourth-order valence-electron chi connectivity index (χ4n) is 2.95. The van der Waals surface area contributed by atoms with Gasteiger partial charge in [-0.05, 0) is 52.4 Å². The molecule has 5 nitrogen and oxygen atoms in total. The molecule has 2 rings (SSSR count). The summed E-state index contributed by atoms with van der Waals surface area (Å²) >= 11 is 3.31. The zero-order chi connectivity index (χ0) is 17.0. The molecule has 1 aliphatic rings. The van der Waals surface area contributed by atoms with Crippen LogP contribution in [0.1, 0.15) is 30.6 Å². The molecule has 0 saturated carbocycles. The maximum atomic E-state index is 12.2. The smallest absolute Gasteiger partial charge is 0.339 e. The van der Waals surface area contributed by atoms with Crippen LogP contribution in [0, 0.1) is 11.8 Å². The highest BCUT2D eigenvalue weighted by molar-refractivity contribution is 9.10. The molecular formula is C17H22BrNO4. The highest BCUT2D eigenvalue weighted by Crippen LogP contribution is 2.24. The molecule has 6 heteroatoms. The van der Waals surface area contributed by atoms with Crippen LogP contribution in [0.2, 0.25) is 0 Å². The first-order valence-electron chi connectivity index (χ1n) is 7.69. The van der Waals surface area contributed by atoms with E-state index >= 15 is 0 Å². The summed E-state index contributed by atoms with van der Waals surface area (Å²) in [6.07, 6.45) is 1.13. The summed E-state index contributed by atoms with van der Waals surface area (Å²) in [6.45, 7) is 5.49. The largest absolute Gasteiger partial charge is 0.497 e. The van der Waals surface area contributed by atoms with Crippen molar-refractivity contribution in [1.29, 1.82) is 0 Å². The van der Waals surface area contributed by atoms with Gasteiger partial charge in [0, 0.05) is 17.6 Å². The zero-order valence-electron chi connectivity index (χ0n) is 13.7. The third-order valence-electron chi connectivity index (χ3n) is 3.94. The van der Waals surface area contributed by atoms with E-state index in [1.165, 1.54) is 7.11 Å². The number of nitrogens with zero attached hydrogens (tertiary/aromatic N) is 1. The van der Waals surface area contributed by atoms with Crippen LogP contribution in [0.5, 0.6) is 5.75 Å². The average Bonchev–Trinajstić information content (AvgIpc) is 2.51. The number of carbonyl (C=O) groups is 2. The van der Waals surface area contributed by atoms with E-state index in [4.69, 9.17) is 9.47 Å². The standard InChI is InChI=1S/C17H22BrNO4/c1-11-6-12(2)9-19(8-11)16(20)10-23-17(21)14-7-13(22-3)4-5-15(14)18/h4-5,7,11-12H,6,8-10H2,1-3H3/t11-,12+. The Kier molecular flexibility index (Phi) is 6.04. The minimum absolute atomic E-state index is 0.143. The number of hydrogen-bond acceptors (Lipinski definition) is 4. The number of ether oxygens (including phenoxy) is 2. The van der Waals surface area contributed by atoms with Crippen LogP contribution in [0.3, 0.4) is 0 Å². The second-order valence-corrected chi connectivity index (χ2v) is 7.02. The Morgan fingerprint density at radius 3 is 2.52 bits per heavy atom. The quantitative estimate of drug-likeness (QED) is 0.749. The van der Waals surface area contributed by atoms with E-state index in [1.54, 1.807) is 23.1 Å². The number of halogens is 1. The van der Waals surface area contributed by atoms with Gasteiger partial charge in [-0.25, -0.2) is 4.79 Å². The van der Waals surface area contributed by atoms with Gasteiger partial charge in [-0.15, -0.1) is 0 Å². The van der Waals surface area contributed by atoms with Gasteiger partial charge >= 0.3 is 5.97 Å². The average molecular weight is 384 g/mol. The van der Waals surface area contributed by atoms with Crippen LogP contribution in [-0.2, 0) is 9.53 Å². The number of amides is 1. The first-order valence-corrected chi connectivity index (χ1v) is 8.48. The SMILES string of the molecule is COc1ccc(Br)c(C(=O)OCC(=O)N2C[C@H](C)C[C@H](C)C2)c1. The summed E-state index contributed by atoms with van der Waals surface area (Å²) in [6, 6.07) is 5.04. The lowest BCUT2D eigenvalue weighted by Crippen LogP contribution is -2.44. The lowest BCUT2D eigenvalue weighted by atomic mass is 9.92. The van der Waals surface area contributed by atoms with E-state index in [9.17, 15) is 9.59 Å². The maximum Gasteiger partial charge on any atom is 0.339 e. The Labute approximate surface area is 145 Å². The molecule has 0 spiro atoms. The molecule has 1 heterocycles. The maximum absolute atomic E-state index is 12.2. The lowest BCUT2D eigenvalue weighted by Gasteiger charge is -2.34. The third-order valence-corrected chi connectivity index (χ3v) is 4.63. The van der Waals surface area contributed by atoms with Crippen molar-refractivity contribution in [3.05, 3.63) is 28.2 Å². The number of rotatable bonds is 4. The summed E-state index contributed by atoms with van der Waals surface area (Å²) in [5.74, 6) is 0.833. The molecule has 0 N–H and O–H groups in total. The van der Waals surface area contributed by atoms with Gasteiger partial charge < -0.3 is 14.4 Å². The molecule has 0 bridgehead atoms. The number of piperidine rings is 1. The van der Waals surface area contributed by atoms with Crippen molar-refractivity contribution in [3.63, 3.8) is 0 Å². The highest BCUT2D eigenvalue weighted by atomic mass is 79.9. The van der Waals surface area contributed by atoms with Gasteiger partial charge in [-0.2, -0.15) is 0 Å². The van der Waals surface area contributed by atoms with Crippen molar-refractivity contribution in [3.8, 4) is 5.75 Å². The second-order valence-electron chi connectivity index (χ2n) is 6.17. The summed E-state index contributed by atoms with van der Waals surface area (Å²) in [5, 5.41) is 0. The first kappa shape index (κ1) is 17.8. The van der Waals surface area contributed by atoms with Gasteiger partial charge in [0.2, 0.25) is 0 Å². The Morgan fingerprint density at radius 1 is 1.26 bits per heavy atom. The molecule has 1 aromatic carbocycles. The third kappa shape index (κ3) is 4.70. The van der Waals surface area contributed by atoms with E-state index in [1.807, 2.05) is 0 Å².